The van der Waals surface area contributed by atoms with Crippen LogP contribution in [-0.2, 0) is 6.42 Å². The van der Waals surface area contributed by atoms with Gasteiger partial charge in [0.15, 0.2) is 5.65 Å². The number of fused-ring (bicyclic) bond motifs is 1. The summed E-state index contributed by atoms with van der Waals surface area (Å²) in [6.07, 6.45) is 0.482. The lowest BCUT2D eigenvalue weighted by Gasteiger charge is -2.07. The van der Waals surface area contributed by atoms with E-state index in [1.54, 1.807) is 24.3 Å². The van der Waals surface area contributed by atoms with Crippen molar-refractivity contribution >= 4 is 5.65 Å². The van der Waals surface area contributed by atoms with Crippen molar-refractivity contribution in [3.63, 3.8) is 0 Å². The molecule has 0 amide bonds. The smallest absolute Gasteiger partial charge is 0.276 e. The largest absolute Gasteiger partial charge is 0.289 e. The van der Waals surface area contributed by atoms with Crippen molar-refractivity contribution in [1.29, 1.82) is 10.5 Å². The van der Waals surface area contributed by atoms with Crippen LogP contribution < -0.4 is 5.56 Å². The summed E-state index contributed by atoms with van der Waals surface area (Å²) in [7, 11) is 0. The van der Waals surface area contributed by atoms with Gasteiger partial charge in [0, 0.05) is 12.0 Å². The minimum Gasteiger partial charge on any atom is -0.276 e. The molecule has 0 aliphatic heterocycles. The molecule has 0 aliphatic carbocycles. The summed E-state index contributed by atoms with van der Waals surface area (Å²) in [6.45, 7) is 0. The van der Waals surface area contributed by atoms with Crippen molar-refractivity contribution in [2.24, 2.45) is 0 Å². The van der Waals surface area contributed by atoms with Crippen molar-refractivity contribution < 1.29 is 0 Å². The fourth-order valence-corrected chi connectivity index (χ4v) is 3.13. The van der Waals surface area contributed by atoms with Crippen LogP contribution in [-0.4, -0.2) is 14.6 Å². The van der Waals surface area contributed by atoms with E-state index in [0.29, 0.717) is 23.4 Å². The van der Waals surface area contributed by atoms with Gasteiger partial charge in [0.05, 0.1) is 0 Å². The highest BCUT2D eigenvalue weighted by Crippen LogP contribution is 2.27. The molecular formula is C21H13N5O. The molecule has 4 rings (SSSR count). The first-order valence-electron chi connectivity index (χ1n) is 8.30. The van der Waals surface area contributed by atoms with Crippen LogP contribution >= 0.6 is 0 Å². The predicted molar refractivity (Wildman–Crippen MR) is 99.9 cm³/mol. The van der Waals surface area contributed by atoms with Gasteiger partial charge in [0.2, 0.25) is 0 Å². The monoisotopic (exact) mass is 351 g/mol. The van der Waals surface area contributed by atoms with E-state index in [1.165, 1.54) is 4.52 Å². The maximum Gasteiger partial charge on any atom is 0.289 e. The van der Waals surface area contributed by atoms with Crippen LogP contribution in [0.5, 0.6) is 0 Å². The average Bonchev–Trinajstić information content (AvgIpc) is 3.13. The molecule has 2 heterocycles. The Morgan fingerprint density at radius 3 is 2.19 bits per heavy atom. The van der Waals surface area contributed by atoms with Crippen LogP contribution in [0.25, 0.3) is 16.8 Å². The molecule has 27 heavy (non-hydrogen) atoms. The maximum atomic E-state index is 12.8. The Hall–Kier alpha value is -4.16. The van der Waals surface area contributed by atoms with Gasteiger partial charge in [-0.15, -0.1) is 0 Å². The molecule has 0 bridgehead atoms. The fraction of sp³-hybridized carbons (Fsp3) is 0.0476. The molecule has 128 valence electrons. The molecule has 1 N–H and O–H groups in total. The normalized spacial score (nSPS) is 10.4. The number of hydrogen-bond acceptors (Lipinski definition) is 4. The molecule has 0 aliphatic rings. The summed E-state index contributed by atoms with van der Waals surface area (Å²) in [5.74, 6) is 0.545. The molecule has 0 saturated heterocycles. The predicted octanol–water partition coefficient (Wildman–Crippen LogP) is 3.02. The Morgan fingerprint density at radius 2 is 1.56 bits per heavy atom. The van der Waals surface area contributed by atoms with E-state index in [2.05, 4.69) is 16.2 Å². The van der Waals surface area contributed by atoms with E-state index in [0.717, 1.165) is 5.56 Å². The van der Waals surface area contributed by atoms with Crippen molar-refractivity contribution in [3.8, 4) is 23.3 Å². The number of benzene rings is 2. The lowest BCUT2D eigenvalue weighted by Crippen LogP contribution is -2.20. The van der Waals surface area contributed by atoms with Crippen LogP contribution in [0.1, 0.15) is 22.5 Å². The fourth-order valence-electron chi connectivity index (χ4n) is 3.13. The Labute approximate surface area is 154 Å². The van der Waals surface area contributed by atoms with Gasteiger partial charge in [0.1, 0.15) is 29.1 Å². The lowest BCUT2D eigenvalue weighted by molar-refractivity contribution is 0.870. The number of nitrogens with zero attached hydrogens (tertiary/aromatic N) is 4. The second kappa shape index (κ2) is 6.62. The Morgan fingerprint density at radius 1 is 0.926 bits per heavy atom. The van der Waals surface area contributed by atoms with E-state index >= 15 is 0 Å². The minimum atomic E-state index is -0.517. The number of hydrogen-bond donors (Lipinski definition) is 1. The molecule has 2 aromatic carbocycles. The average molecular weight is 351 g/mol. The van der Waals surface area contributed by atoms with Gasteiger partial charge in [-0.05, 0) is 11.1 Å². The molecule has 0 radical (unpaired) electrons. The first-order chi connectivity index (χ1) is 13.2. The Bertz CT molecular complexity index is 1270. The number of rotatable bonds is 3. The van der Waals surface area contributed by atoms with Gasteiger partial charge in [-0.25, -0.2) is 4.98 Å². The highest BCUT2D eigenvalue weighted by Gasteiger charge is 2.22. The van der Waals surface area contributed by atoms with Crippen molar-refractivity contribution in [3.05, 3.63) is 93.5 Å². The summed E-state index contributed by atoms with van der Waals surface area (Å²) in [6, 6.07) is 22.7. The summed E-state index contributed by atoms with van der Waals surface area (Å²) < 4.78 is 1.18. The summed E-state index contributed by atoms with van der Waals surface area (Å²) in [5.41, 5.74) is 1.81. The van der Waals surface area contributed by atoms with Crippen LogP contribution in [0.3, 0.4) is 0 Å². The van der Waals surface area contributed by atoms with E-state index < -0.39 is 5.56 Å². The number of pyridine rings is 1. The van der Waals surface area contributed by atoms with Gasteiger partial charge >= 0.3 is 0 Å². The van der Waals surface area contributed by atoms with E-state index in [1.807, 2.05) is 42.5 Å². The van der Waals surface area contributed by atoms with Gasteiger partial charge in [-0.3, -0.25) is 9.89 Å². The lowest BCUT2D eigenvalue weighted by atomic mass is 9.97. The SMILES string of the molecule is N#Cc1c(-c2ccccc2)c(C#N)c2nc(Cc3ccccc3)[nH]n2c1=O. The summed E-state index contributed by atoms with van der Waals surface area (Å²) in [5, 5.41) is 22.3. The third-order valence-electron chi connectivity index (χ3n) is 4.33. The molecule has 0 atom stereocenters. The van der Waals surface area contributed by atoms with Gasteiger partial charge < -0.3 is 0 Å². The molecular weight excluding hydrogens is 338 g/mol. The quantitative estimate of drug-likeness (QED) is 0.613. The highest BCUT2D eigenvalue weighted by molar-refractivity contribution is 5.81. The third-order valence-corrected chi connectivity index (χ3v) is 4.33. The molecule has 0 unspecified atom stereocenters. The van der Waals surface area contributed by atoms with Crippen molar-refractivity contribution in [2.45, 2.75) is 6.42 Å². The number of nitriles is 2. The molecule has 6 nitrogen and oxygen atoms in total. The molecule has 2 aromatic heterocycles. The minimum absolute atomic E-state index is 0.0786. The van der Waals surface area contributed by atoms with Crippen LogP contribution in [0, 0.1) is 22.7 Å². The van der Waals surface area contributed by atoms with Crippen LogP contribution in [0.4, 0.5) is 0 Å². The van der Waals surface area contributed by atoms with E-state index in [-0.39, 0.29) is 16.8 Å². The molecule has 0 saturated carbocycles. The number of aromatic amines is 1. The molecule has 0 fully saturated rings. The number of aromatic nitrogens is 3. The van der Waals surface area contributed by atoms with E-state index in [4.69, 9.17) is 0 Å². The zero-order valence-electron chi connectivity index (χ0n) is 14.2. The zero-order valence-corrected chi connectivity index (χ0v) is 14.2. The topological polar surface area (TPSA) is 97.7 Å². The first kappa shape index (κ1) is 16.3. The molecule has 6 heteroatoms. The summed E-state index contributed by atoms with van der Waals surface area (Å²) >= 11 is 0. The number of H-pyrrole nitrogens is 1. The van der Waals surface area contributed by atoms with Crippen LogP contribution in [0.15, 0.2) is 65.5 Å². The first-order valence-corrected chi connectivity index (χ1v) is 8.30. The Kier molecular flexibility index (Phi) is 4.00. The van der Waals surface area contributed by atoms with Gasteiger partial charge in [0.25, 0.3) is 5.56 Å². The zero-order chi connectivity index (χ0) is 18.8. The maximum absolute atomic E-state index is 12.8. The summed E-state index contributed by atoms with van der Waals surface area (Å²) in [4.78, 5) is 17.3. The standard InChI is InChI=1S/C21H13N5O/c22-12-16-19(15-9-5-2-6-10-15)17(13-23)21(27)26-20(16)24-18(25-26)11-14-7-3-1-4-8-14/h1-10H,11H2,(H,24,25). The van der Waals surface area contributed by atoms with E-state index in [9.17, 15) is 15.3 Å². The van der Waals surface area contributed by atoms with Gasteiger partial charge in [-0.2, -0.15) is 15.0 Å². The molecule has 0 spiro atoms. The number of nitrogens with one attached hydrogen (secondary N) is 1. The van der Waals surface area contributed by atoms with Crippen molar-refractivity contribution in [1.82, 2.24) is 14.6 Å². The highest BCUT2D eigenvalue weighted by atomic mass is 16.1. The van der Waals surface area contributed by atoms with Crippen LogP contribution in [0.2, 0.25) is 0 Å². The van der Waals surface area contributed by atoms with Crippen molar-refractivity contribution in [2.75, 3.05) is 0 Å². The second-order valence-corrected chi connectivity index (χ2v) is 6.01. The third kappa shape index (κ3) is 2.76. The second-order valence-electron chi connectivity index (χ2n) is 6.01. The Balaban J connectivity index is 1.99. The van der Waals surface area contributed by atoms with Gasteiger partial charge in [-0.1, -0.05) is 60.7 Å². The molecule has 4 aromatic rings.